The average molecular weight is 309 g/mol. The van der Waals surface area contributed by atoms with Crippen LogP contribution in [0.5, 0.6) is 0 Å². The van der Waals surface area contributed by atoms with E-state index in [-0.39, 0.29) is 23.2 Å². The molecule has 19 heavy (non-hydrogen) atoms. The fourth-order valence-electron chi connectivity index (χ4n) is 1.39. The lowest BCUT2D eigenvalue weighted by Gasteiger charge is -2.11. The summed E-state index contributed by atoms with van der Waals surface area (Å²) in [5.41, 5.74) is -0.105. The summed E-state index contributed by atoms with van der Waals surface area (Å²) < 4.78 is 22.8. The van der Waals surface area contributed by atoms with Gasteiger partial charge >= 0.3 is 0 Å². The van der Waals surface area contributed by atoms with Crippen LogP contribution in [0.15, 0.2) is 11.0 Å². The van der Waals surface area contributed by atoms with Gasteiger partial charge in [0.05, 0.1) is 17.6 Å². The van der Waals surface area contributed by atoms with Gasteiger partial charge in [0.25, 0.3) is 5.56 Å². The van der Waals surface area contributed by atoms with Crippen molar-refractivity contribution in [2.24, 2.45) is 11.1 Å². The third-order valence-corrected chi connectivity index (χ3v) is 3.36. The van der Waals surface area contributed by atoms with Crippen LogP contribution in [0.1, 0.15) is 13.8 Å². The highest BCUT2D eigenvalue weighted by Gasteiger charge is 2.10. The number of halogens is 1. The van der Waals surface area contributed by atoms with Crippen LogP contribution in [0, 0.1) is 5.92 Å². The van der Waals surface area contributed by atoms with Crippen LogP contribution in [0.4, 0.5) is 5.69 Å². The molecule has 108 valence electrons. The molecule has 0 amide bonds. The van der Waals surface area contributed by atoms with Gasteiger partial charge in [0.1, 0.15) is 5.02 Å². The first-order valence-electron chi connectivity index (χ1n) is 5.70. The van der Waals surface area contributed by atoms with Gasteiger partial charge in [-0.2, -0.15) is 5.10 Å². The number of hydrogen-bond acceptors (Lipinski definition) is 5. The molecule has 0 aliphatic heterocycles. The smallest absolute Gasteiger partial charge is 0.287 e. The maximum Gasteiger partial charge on any atom is 0.287 e. The Labute approximate surface area is 116 Å². The molecule has 9 heteroatoms. The van der Waals surface area contributed by atoms with Crippen molar-refractivity contribution in [3.63, 3.8) is 0 Å². The number of nitrogens with zero attached hydrogens (tertiary/aromatic N) is 2. The van der Waals surface area contributed by atoms with Gasteiger partial charge in [-0.25, -0.2) is 18.2 Å². The van der Waals surface area contributed by atoms with Gasteiger partial charge in [0.2, 0.25) is 10.0 Å². The predicted octanol–water partition coefficient (Wildman–Crippen LogP) is 0.253. The van der Waals surface area contributed by atoms with E-state index >= 15 is 0 Å². The minimum atomic E-state index is -3.55. The Morgan fingerprint density at radius 3 is 2.68 bits per heavy atom. The Morgan fingerprint density at radius 1 is 1.53 bits per heavy atom. The van der Waals surface area contributed by atoms with Crippen LogP contribution < -0.4 is 16.0 Å². The fraction of sp³-hybridized carbons (Fsp3) is 0.600. The lowest BCUT2D eigenvalue weighted by Crippen LogP contribution is -2.27. The second kappa shape index (κ2) is 6.36. The second-order valence-electron chi connectivity index (χ2n) is 4.55. The van der Waals surface area contributed by atoms with Crippen LogP contribution in [-0.4, -0.2) is 30.5 Å². The topological polar surface area (TPSA) is 107 Å². The highest BCUT2D eigenvalue weighted by molar-refractivity contribution is 7.89. The number of sulfonamides is 1. The minimum absolute atomic E-state index is 0.00920. The number of anilines is 1. The Kier molecular flexibility index (Phi) is 5.33. The molecule has 7 nitrogen and oxygen atoms in total. The summed E-state index contributed by atoms with van der Waals surface area (Å²) in [5, 5.41) is 11.5. The largest absolute Gasteiger partial charge is 0.381 e. The van der Waals surface area contributed by atoms with Crippen molar-refractivity contribution >= 4 is 27.3 Å². The van der Waals surface area contributed by atoms with E-state index in [0.29, 0.717) is 12.2 Å². The monoisotopic (exact) mass is 308 g/mol. The molecule has 0 spiro atoms. The van der Waals surface area contributed by atoms with E-state index in [1.54, 1.807) is 0 Å². The molecule has 0 radical (unpaired) electrons. The van der Waals surface area contributed by atoms with Gasteiger partial charge in [-0.3, -0.25) is 4.79 Å². The summed E-state index contributed by atoms with van der Waals surface area (Å²) in [6.45, 7) is 4.45. The van der Waals surface area contributed by atoms with Crippen LogP contribution in [0.3, 0.4) is 0 Å². The van der Waals surface area contributed by atoms with Gasteiger partial charge in [-0.15, -0.1) is 0 Å². The summed E-state index contributed by atoms with van der Waals surface area (Å²) in [6.07, 6.45) is 1.40. The molecule has 1 aromatic heterocycles. The maximum absolute atomic E-state index is 11.9. The molecule has 0 atom stereocenters. The number of primary sulfonamides is 1. The van der Waals surface area contributed by atoms with Crippen molar-refractivity contribution in [3.05, 3.63) is 21.6 Å². The number of nitrogens with one attached hydrogen (secondary N) is 1. The molecule has 0 aliphatic carbocycles. The van der Waals surface area contributed by atoms with E-state index in [4.69, 9.17) is 16.7 Å². The van der Waals surface area contributed by atoms with Crippen molar-refractivity contribution < 1.29 is 8.42 Å². The number of nitrogens with two attached hydrogens (primary N) is 1. The summed E-state index contributed by atoms with van der Waals surface area (Å²) in [5.74, 6) is 0.0146. The minimum Gasteiger partial charge on any atom is -0.381 e. The van der Waals surface area contributed by atoms with Crippen LogP contribution in [0.2, 0.25) is 5.02 Å². The molecule has 0 fully saturated rings. The normalized spacial score (nSPS) is 11.8. The van der Waals surface area contributed by atoms with Gasteiger partial charge < -0.3 is 5.32 Å². The molecule has 1 heterocycles. The zero-order valence-electron chi connectivity index (χ0n) is 10.8. The third kappa shape index (κ3) is 5.17. The highest BCUT2D eigenvalue weighted by Crippen LogP contribution is 2.15. The third-order valence-electron chi connectivity index (χ3n) is 2.23. The average Bonchev–Trinajstić information content (AvgIpc) is 2.26. The summed E-state index contributed by atoms with van der Waals surface area (Å²) in [7, 11) is -3.55. The molecule has 0 bridgehead atoms. The molecule has 3 N–H and O–H groups in total. The van der Waals surface area contributed by atoms with E-state index in [1.165, 1.54) is 10.9 Å². The van der Waals surface area contributed by atoms with E-state index < -0.39 is 15.6 Å². The lowest BCUT2D eigenvalue weighted by atomic mass is 10.2. The van der Waals surface area contributed by atoms with Gasteiger partial charge in [0.15, 0.2) is 0 Å². The first-order valence-corrected chi connectivity index (χ1v) is 7.80. The lowest BCUT2D eigenvalue weighted by molar-refractivity contribution is 0.464. The van der Waals surface area contributed by atoms with Gasteiger partial charge in [-0.1, -0.05) is 25.4 Å². The van der Waals surface area contributed by atoms with E-state index in [0.717, 1.165) is 0 Å². The molecule has 1 aromatic rings. The van der Waals surface area contributed by atoms with Crippen LogP contribution in [0.25, 0.3) is 0 Å². The molecule has 0 aromatic carbocycles. The Hall–Kier alpha value is -1.12. The zero-order chi connectivity index (χ0) is 14.6. The SMILES string of the molecule is CC(C)Cn1ncc(NCCS(N)(=O)=O)c(Cl)c1=O. The first-order chi connectivity index (χ1) is 8.70. The van der Waals surface area contributed by atoms with Crippen LogP contribution >= 0.6 is 11.6 Å². The standard InChI is InChI=1S/C10H17ClN4O3S/c1-7(2)6-15-10(16)9(11)8(5-14-15)13-3-4-19(12,17)18/h5,7,13H,3-4,6H2,1-2H3,(H2,12,17,18). The number of hydrogen-bond donors (Lipinski definition) is 2. The maximum atomic E-state index is 11.9. The van der Waals surface area contributed by atoms with Crippen molar-refractivity contribution in [2.45, 2.75) is 20.4 Å². The molecular weight excluding hydrogens is 292 g/mol. The molecule has 0 unspecified atom stereocenters. The van der Waals surface area contributed by atoms with Crippen molar-refractivity contribution in [2.75, 3.05) is 17.6 Å². The molecular formula is C10H17ClN4O3S. The molecule has 0 saturated carbocycles. The summed E-state index contributed by atoms with van der Waals surface area (Å²) in [4.78, 5) is 11.9. The Morgan fingerprint density at radius 2 is 2.16 bits per heavy atom. The van der Waals surface area contributed by atoms with E-state index in [2.05, 4.69) is 10.4 Å². The summed E-state index contributed by atoms with van der Waals surface area (Å²) >= 11 is 5.92. The van der Waals surface area contributed by atoms with E-state index in [9.17, 15) is 13.2 Å². The Bertz CT molecular complexity index is 597. The molecule has 1 rings (SSSR count). The molecule has 0 saturated heterocycles. The zero-order valence-corrected chi connectivity index (χ0v) is 12.3. The summed E-state index contributed by atoms with van der Waals surface area (Å²) in [6, 6.07) is 0. The second-order valence-corrected chi connectivity index (χ2v) is 6.66. The molecule has 0 aliphatic rings. The predicted molar refractivity (Wildman–Crippen MR) is 74.8 cm³/mol. The van der Waals surface area contributed by atoms with E-state index in [1.807, 2.05) is 13.8 Å². The Balaban J connectivity index is 2.82. The van der Waals surface area contributed by atoms with Gasteiger partial charge in [-0.05, 0) is 5.92 Å². The number of aromatic nitrogens is 2. The van der Waals surface area contributed by atoms with Gasteiger partial charge in [0, 0.05) is 13.1 Å². The van der Waals surface area contributed by atoms with Crippen molar-refractivity contribution in [1.29, 1.82) is 0 Å². The van der Waals surface area contributed by atoms with Crippen LogP contribution in [-0.2, 0) is 16.6 Å². The van der Waals surface area contributed by atoms with Crippen molar-refractivity contribution in [1.82, 2.24) is 9.78 Å². The highest BCUT2D eigenvalue weighted by atomic mass is 35.5. The first kappa shape index (κ1) is 15.9. The number of rotatable bonds is 6. The van der Waals surface area contributed by atoms with Crippen molar-refractivity contribution in [3.8, 4) is 0 Å². The fourth-order valence-corrected chi connectivity index (χ4v) is 1.99. The quantitative estimate of drug-likeness (QED) is 0.783.